The molecule has 2 heterocycles. The number of carbonyl (C=O) groups excluding carboxylic acids is 2. The van der Waals surface area contributed by atoms with Gasteiger partial charge in [-0.1, -0.05) is 13.3 Å². The van der Waals surface area contributed by atoms with Gasteiger partial charge in [-0.25, -0.2) is 0 Å². The molecule has 0 aromatic heterocycles. The van der Waals surface area contributed by atoms with E-state index in [0.717, 1.165) is 94.0 Å². The van der Waals surface area contributed by atoms with Crippen molar-refractivity contribution in [1.82, 2.24) is 4.90 Å². The molecule has 2 amide bonds. The summed E-state index contributed by atoms with van der Waals surface area (Å²) in [7, 11) is 0. The fourth-order valence-corrected chi connectivity index (χ4v) is 4.32. The van der Waals surface area contributed by atoms with E-state index in [9.17, 15) is 9.59 Å². The van der Waals surface area contributed by atoms with E-state index >= 15 is 0 Å². The first-order chi connectivity index (χ1) is 13.1. The highest BCUT2D eigenvalue weighted by Crippen LogP contribution is 2.32. The lowest BCUT2D eigenvalue weighted by Crippen LogP contribution is -2.36. The second-order valence-electron chi connectivity index (χ2n) is 8.52. The van der Waals surface area contributed by atoms with Crippen molar-refractivity contribution >= 4 is 23.2 Å². The van der Waals surface area contributed by atoms with Gasteiger partial charge in [-0.15, -0.1) is 0 Å². The molecule has 1 saturated carbocycles. The molecular formula is C22H31N3O2. The average molecular weight is 370 g/mol. The van der Waals surface area contributed by atoms with Gasteiger partial charge in [0.15, 0.2) is 0 Å². The number of nitrogens with zero attached hydrogens (tertiary/aromatic N) is 2. The Morgan fingerprint density at radius 3 is 2.30 bits per heavy atom. The molecule has 0 unspecified atom stereocenters. The van der Waals surface area contributed by atoms with Gasteiger partial charge in [0.1, 0.15) is 0 Å². The predicted octanol–water partition coefficient (Wildman–Crippen LogP) is 3.90. The van der Waals surface area contributed by atoms with Crippen LogP contribution in [0.4, 0.5) is 11.4 Å². The van der Waals surface area contributed by atoms with Crippen LogP contribution in [0.1, 0.15) is 62.2 Å². The van der Waals surface area contributed by atoms with Gasteiger partial charge in [0.2, 0.25) is 5.91 Å². The summed E-state index contributed by atoms with van der Waals surface area (Å²) in [5.41, 5.74) is 2.53. The highest BCUT2D eigenvalue weighted by atomic mass is 16.2. The van der Waals surface area contributed by atoms with Crippen LogP contribution in [0.25, 0.3) is 0 Å². The van der Waals surface area contributed by atoms with E-state index in [0.29, 0.717) is 0 Å². The zero-order valence-corrected chi connectivity index (χ0v) is 16.4. The van der Waals surface area contributed by atoms with Gasteiger partial charge in [0, 0.05) is 43.5 Å². The normalized spacial score (nSPS) is 21.2. The Kier molecular flexibility index (Phi) is 5.37. The summed E-state index contributed by atoms with van der Waals surface area (Å²) in [6.45, 7) is 5.97. The molecule has 2 saturated heterocycles. The van der Waals surface area contributed by atoms with E-state index in [1.54, 1.807) is 0 Å². The molecule has 0 bridgehead atoms. The maximum atomic E-state index is 13.2. The van der Waals surface area contributed by atoms with Crippen molar-refractivity contribution in [3.63, 3.8) is 0 Å². The minimum atomic E-state index is 0.0976. The van der Waals surface area contributed by atoms with Gasteiger partial charge in [-0.2, -0.15) is 0 Å². The molecule has 0 spiro atoms. The summed E-state index contributed by atoms with van der Waals surface area (Å²) < 4.78 is 0. The first-order valence-corrected chi connectivity index (χ1v) is 10.6. The van der Waals surface area contributed by atoms with Gasteiger partial charge in [-0.3, -0.25) is 9.59 Å². The molecule has 1 aromatic carbocycles. The lowest BCUT2D eigenvalue weighted by molar-refractivity contribution is -0.122. The highest BCUT2D eigenvalue weighted by Gasteiger charge is 2.28. The largest absolute Gasteiger partial charge is 0.371 e. The molecule has 2 aliphatic heterocycles. The van der Waals surface area contributed by atoms with Crippen molar-refractivity contribution in [2.24, 2.45) is 11.8 Å². The van der Waals surface area contributed by atoms with E-state index in [4.69, 9.17) is 0 Å². The molecule has 27 heavy (non-hydrogen) atoms. The van der Waals surface area contributed by atoms with Crippen molar-refractivity contribution in [2.45, 2.75) is 51.9 Å². The third-order valence-electron chi connectivity index (χ3n) is 6.49. The van der Waals surface area contributed by atoms with Crippen molar-refractivity contribution in [3.8, 4) is 0 Å². The lowest BCUT2D eigenvalue weighted by atomic mass is 9.85. The Labute approximate surface area is 162 Å². The first kappa shape index (κ1) is 18.3. The molecule has 1 aromatic rings. The molecule has 0 radical (unpaired) electrons. The third-order valence-corrected chi connectivity index (χ3v) is 6.49. The first-order valence-electron chi connectivity index (χ1n) is 10.6. The number of amides is 2. The van der Waals surface area contributed by atoms with Crippen molar-refractivity contribution in [1.29, 1.82) is 0 Å². The Hall–Kier alpha value is -2.04. The molecule has 146 valence electrons. The summed E-state index contributed by atoms with van der Waals surface area (Å²) >= 11 is 0. The lowest BCUT2D eigenvalue weighted by Gasteiger charge is -2.34. The van der Waals surface area contributed by atoms with Crippen LogP contribution in [0, 0.1) is 11.8 Å². The molecule has 1 aliphatic carbocycles. The van der Waals surface area contributed by atoms with E-state index in [1.807, 2.05) is 23.1 Å². The van der Waals surface area contributed by atoms with Crippen LogP contribution < -0.4 is 10.2 Å². The van der Waals surface area contributed by atoms with Gasteiger partial charge < -0.3 is 15.1 Å². The van der Waals surface area contributed by atoms with Gasteiger partial charge in [-0.05, 0) is 62.6 Å². The maximum Gasteiger partial charge on any atom is 0.256 e. The summed E-state index contributed by atoms with van der Waals surface area (Å²) in [5, 5.41) is 3.04. The van der Waals surface area contributed by atoms with Crippen LogP contribution in [0.3, 0.4) is 0 Å². The minimum Gasteiger partial charge on any atom is -0.371 e. The zero-order chi connectivity index (χ0) is 18.8. The molecule has 4 rings (SSSR count). The van der Waals surface area contributed by atoms with Crippen LogP contribution in [0.15, 0.2) is 18.2 Å². The number of benzene rings is 1. The Morgan fingerprint density at radius 1 is 0.963 bits per heavy atom. The van der Waals surface area contributed by atoms with Gasteiger partial charge in [0.05, 0.1) is 5.56 Å². The maximum absolute atomic E-state index is 13.2. The number of hydrogen-bond acceptors (Lipinski definition) is 3. The standard InChI is InChI=1S/C22H31N3O2/c1-16-9-13-24(14-10-16)20-8-7-18(23-21(26)17-5-4-6-17)15-19(20)22(27)25-11-2-3-12-25/h7-8,15-17H,2-6,9-14H2,1H3,(H,23,26). The van der Waals surface area contributed by atoms with E-state index in [1.165, 1.54) is 0 Å². The number of likely N-dealkylation sites (tertiary alicyclic amines) is 1. The molecule has 5 nitrogen and oxygen atoms in total. The number of piperidine rings is 1. The Bertz CT molecular complexity index is 700. The number of carbonyl (C=O) groups is 2. The molecule has 3 fully saturated rings. The van der Waals surface area contributed by atoms with E-state index in [-0.39, 0.29) is 17.7 Å². The number of nitrogens with one attached hydrogen (secondary N) is 1. The summed E-state index contributed by atoms with van der Waals surface area (Å²) in [6.07, 6.45) is 7.60. The van der Waals surface area contributed by atoms with Gasteiger partial charge in [0.25, 0.3) is 5.91 Å². The van der Waals surface area contributed by atoms with Crippen molar-refractivity contribution in [2.75, 3.05) is 36.4 Å². The monoisotopic (exact) mass is 369 g/mol. The number of hydrogen-bond donors (Lipinski definition) is 1. The average Bonchev–Trinajstić information content (AvgIpc) is 3.15. The van der Waals surface area contributed by atoms with Crippen LogP contribution in [0.5, 0.6) is 0 Å². The van der Waals surface area contributed by atoms with Crippen LogP contribution in [-0.4, -0.2) is 42.9 Å². The van der Waals surface area contributed by atoms with Crippen LogP contribution in [-0.2, 0) is 4.79 Å². The summed E-state index contributed by atoms with van der Waals surface area (Å²) in [6, 6.07) is 5.91. The van der Waals surface area contributed by atoms with Crippen LogP contribution in [0.2, 0.25) is 0 Å². The third kappa shape index (κ3) is 3.97. The molecular weight excluding hydrogens is 338 g/mol. The molecule has 3 aliphatic rings. The fourth-order valence-electron chi connectivity index (χ4n) is 4.32. The number of anilines is 2. The SMILES string of the molecule is CC1CCN(c2ccc(NC(=O)C3CCC3)cc2C(=O)N2CCCC2)CC1. The van der Waals surface area contributed by atoms with Crippen molar-refractivity contribution in [3.05, 3.63) is 23.8 Å². The highest BCUT2D eigenvalue weighted by molar-refractivity contribution is 6.02. The molecule has 5 heteroatoms. The second kappa shape index (κ2) is 7.91. The quantitative estimate of drug-likeness (QED) is 0.876. The topological polar surface area (TPSA) is 52.7 Å². The smallest absolute Gasteiger partial charge is 0.256 e. The second-order valence-corrected chi connectivity index (χ2v) is 8.52. The molecule has 1 N–H and O–H groups in total. The number of rotatable bonds is 4. The summed E-state index contributed by atoms with van der Waals surface area (Å²) in [4.78, 5) is 29.8. The van der Waals surface area contributed by atoms with Crippen LogP contribution >= 0.6 is 0 Å². The van der Waals surface area contributed by atoms with Gasteiger partial charge >= 0.3 is 0 Å². The fraction of sp³-hybridized carbons (Fsp3) is 0.636. The Morgan fingerprint density at radius 2 is 1.67 bits per heavy atom. The van der Waals surface area contributed by atoms with Crippen molar-refractivity contribution < 1.29 is 9.59 Å². The predicted molar refractivity (Wildman–Crippen MR) is 108 cm³/mol. The van der Waals surface area contributed by atoms with E-state index in [2.05, 4.69) is 17.1 Å². The van der Waals surface area contributed by atoms with E-state index < -0.39 is 0 Å². The Balaban J connectivity index is 1.58. The minimum absolute atomic E-state index is 0.0976. The summed E-state index contributed by atoms with van der Waals surface area (Å²) in [5.74, 6) is 1.10. The zero-order valence-electron chi connectivity index (χ0n) is 16.4. The molecule has 0 atom stereocenters.